The van der Waals surface area contributed by atoms with Gasteiger partial charge in [-0.15, -0.1) is 10.6 Å². The van der Waals surface area contributed by atoms with E-state index >= 15 is 0 Å². The first-order valence-electron chi connectivity index (χ1n) is 10.7. The summed E-state index contributed by atoms with van der Waals surface area (Å²) in [5, 5.41) is 2.97. The molecule has 0 heterocycles. The van der Waals surface area contributed by atoms with Gasteiger partial charge in [-0.25, -0.2) is 0 Å². The predicted octanol–water partition coefficient (Wildman–Crippen LogP) is 8.75. The third kappa shape index (κ3) is 15.3. The van der Waals surface area contributed by atoms with E-state index in [-0.39, 0.29) is 1.43 Å². The third-order valence-corrected chi connectivity index (χ3v) is 7.23. The Labute approximate surface area is 169 Å². The van der Waals surface area contributed by atoms with Crippen molar-refractivity contribution in [3.63, 3.8) is 0 Å². The molecule has 0 fully saturated rings. The Bertz CT molecular complexity index is 335. The molecule has 0 saturated heterocycles. The first kappa shape index (κ1) is 25.5. The summed E-state index contributed by atoms with van der Waals surface area (Å²) in [6, 6.07) is 0. The molecule has 1 heteroatoms. The molecule has 151 valence electrons. The first-order chi connectivity index (χ1) is 10.9. The second-order valence-electron chi connectivity index (χ2n) is 13.2. The normalized spacial score (nSPS) is 16.6. The van der Waals surface area contributed by atoms with Gasteiger partial charge in [0.1, 0.15) is 0 Å². The van der Waals surface area contributed by atoms with Crippen LogP contribution in [-0.2, 0) is 0 Å². The van der Waals surface area contributed by atoms with Crippen LogP contribution in [0.2, 0.25) is 10.6 Å². The summed E-state index contributed by atoms with van der Waals surface area (Å²) >= 11 is 0.618. The van der Waals surface area contributed by atoms with Crippen LogP contribution in [0.4, 0.5) is 0 Å². The Morgan fingerprint density at radius 1 is 0.600 bits per heavy atom. The highest BCUT2D eigenvalue weighted by Gasteiger charge is 2.28. The monoisotopic (exact) mass is 367 g/mol. The molecule has 0 aromatic rings. The fourth-order valence-electron chi connectivity index (χ4n) is 5.73. The maximum Gasteiger partial charge on any atom is 0.200 e. The van der Waals surface area contributed by atoms with Gasteiger partial charge in [0.25, 0.3) is 0 Å². The van der Waals surface area contributed by atoms with Crippen LogP contribution in [0.1, 0.15) is 110 Å². The lowest BCUT2D eigenvalue weighted by molar-refractivity contribution is 0.178. The topological polar surface area (TPSA) is 0 Å². The second kappa shape index (κ2) is 9.64. The average Bonchev–Trinajstić information content (AvgIpc) is 2.18. The molecule has 0 aromatic carbocycles. The SMILES string of the molecule is CC([CH2][Al][CH2]C(C)CC(C)(C)CC(C)(C)C)CC(C)(C)CC(C)(C)C.[HH]. The molecule has 25 heavy (non-hydrogen) atoms. The van der Waals surface area contributed by atoms with Gasteiger partial charge in [-0.2, -0.15) is 0 Å². The van der Waals surface area contributed by atoms with E-state index in [1.165, 1.54) is 36.2 Å². The van der Waals surface area contributed by atoms with Crippen LogP contribution in [0, 0.1) is 33.5 Å². The van der Waals surface area contributed by atoms with Crippen molar-refractivity contribution >= 4 is 15.2 Å². The minimum absolute atomic E-state index is 0. The second-order valence-corrected chi connectivity index (χ2v) is 14.7. The summed E-state index contributed by atoms with van der Waals surface area (Å²) in [6.07, 6.45) is 5.44. The minimum Gasteiger partial charge on any atom is -0.101 e. The van der Waals surface area contributed by atoms with E-state index in [9.17, 15) is 0 Å². The van der Waals surface area contributed by atoms with Crippen LogP contribution < -0.4 is 0 Å². The molecule has 1 radical (unpaired) electrons. The van der Waals surface area contributed by atoms with E-state index < -0.39 is 0 Å². The van der Waals surface area contributed by atoms with Crippen LogP contribution in [-0.4, -0.2) is 15.2 Å². The van der Waals surface area contributed by atoms with E-state index in [2.05, 4.69) is 83.1 Å². The molecule has 2 atom stereocenters. The summed E-state index contributed by atoms with van der Waals surface area (Å²) in [4.78, 5) is 0. The molecular weight excluding hydrogens is 315 g/mol. The van der Waals surface area contributed by atoms with Crippen LogP contribution in [0.25, 0.3) is 0 Å². The molecule has 0 amide bonds. The lowest BCUT2D eigenvalue weighted by Gasteiger charge is -2.35. The molecule has 0 N–H and O–H groups in total. The van der Waals surface area contributed by atoms with Gasteiger partial charge >= 0.3 is 0 Å². The summed E-state index contributed by atoms with van der Waals surface area (Å²) in [5.74, 6) is 1.78. The third-order valence-electron chi connectivity index (χ3n) is 4.96. The molecule has 0 rings (SSSR count). The fraction of sp³-hybridized carbons (Fsp3) is 1.00. The largest absolute Gasteiger partial charge is 0.200 e. The smallest absolute Gasteiger partial charge is 0.101 e. The van der Waals surface area contributed by atoms with Gasteiger partial charge in [0.15, 0.2) is 0 Å². The molecule has 0 bridgehead atoms. The van der Waals surface area contributed by atoms with Gasteiger partial charge in [0.2, 0.25) is 15.2 Å². The number of hydrogen-bond acceptors (Lipinski definition) is 0. The Morgan fingerprint density at radius 3 is 1.12 bits per heavy atom. The van der Waals surface area contributed by atoms with Gasteiger partial charge in [-0.05, 0) is 47.3 Å². The van der Waals surface area contributed by atoms with E-state index in [0.717, 1.165) is 11.8 Å². The highest BCUT2D eigenvalue weighted by Crippen LogP contribution is 2.40. The van der Waals surface area contributed by atoms with Crippen molar-refractivity contribution in [1.82, 2.24) is 0 Å². The van der Waals surface area contributed by atoms with Crippen molar-refractivity contribution in [3.05, 3.63) is 0 Å². The summed E-state index contributed by atoms with van der Waals surface area (Å²) in [5.41, 5.74) is 1.86. The molecule has 0 aromatic heterocycles. The molecule has 0 aliphatic rings. The van der Waals surface area contributed by atoms with E-state index in [1.54, 1.807) is 0 Å². The molecular formula is C24H52Al. The van der Waals surface area contributed by atoms with E-state index in [0.29, 0.717) is 36.9 Å². The van der Waals surface area contributed by atoms with Crippen molar-refractivity contribution in [1.29, 1.82) is 0 Å². The maximum absolute atomic E-state index is 2.49. The van der Waals surface area contributed by atoms with Crippen molar-refractivity contribution in [2.24, 2.45) is 33.5 Å². The van der Waals surface area contributed by atoms with Crippen molar-refractivity contribution in [2.75, 3.05) is 0 Å². The van der Waals surface area contributed by atoms with Gasteiger partial charge in [0.05, 0.1) is 0 Å². The maximum atomic E-state index is 2.49. The lowest BCUT2D eigenvalue weighted by atomic mass is 9.72. The fourth-order valence-corrected chi connectivity index (χ4v) is 7.40. The van der Waals surface area contributed by atoms with Gasteiger partial charge < -0.3 is 0 Å². The molecule has 2 unspecified atom stereocenters. The molecule has 0 spiro atoms. The average molecular weight is 368 g/mol. The Hall–Kier alpha value is 0.532. The Morgan fingerprint density at radius 2 is 0.880 bits per heavy atom. The number of rotatable bonds is 10. The zero-order valence-electron chi connectivity index (χ0n) is 20.0. The van der Waals surface area contributed by atoms with Crippen LogP contribution >= 0.6 is 0 Å². The van der Waals surface area contributed by atoms with Crippen LogP contribution in [0.5, 0.6) is 0 Å². The minimum atomic E-state index is 0. The van der Waals surface area contributed by atoms with E-state index in [1.807, 2.05) is 0 Å². The standard InChI is InChI=1S/2C12H25.Al.H2/c2*1-10(2)8-12(6,7)9-11(3,4)5;;/h2*10H,1,8-9H2,2-7H3;;1H. The van der Waals surface area contributed by atoms with E-state index in [4.69, 9.17) is 0 Å². The van der Waals surface area contributed by atoms with Gasteiger partial charge in [-0.3, -0.25) is 0 Å². The summed E-state index contributed by atoms with van der Waals surface area (Å²) in [6.45, 7) is 29.2. The molecule has 0 aliphatic heterocycles. The Balaban J connectivity index is 0. The number of hydrogen-bond donors (Lipinski definition) is 0. The van der Waals surface area contributed by atoms with Crippen LogP contribution in [0.3, 0.4) is 0 Å². The summed E-state index contributed by atoms with van der Waals surface area (Å²) < 4.78 is 0. The molecule has 0 nitrogen and oxygen atoms in total. The quantitative estimate of drug-likeness (QED) is 0.338. The lowest BCUT2D eigenvalue weighted by Crippen LogP contribution is -2.24. The van der Waals surface area contributed by atoms with Gasteiger partial charge in [0, 0.05) is 1.43 Å². The zero-order valence-corrected chi connectivity index (χ0v) is 21.1. The van der Waals surface area contributed by atoms with Crippen LogP contribution in [0.15, 0.2) is 0 Å². The van der Waals surface area contributed by atoms with Crippen molar-refractivity contribution in [2.45, 2.75) is 119 Å². The van der Waals surface area contributed by atoms with Crippen molar-refractivity contribution < 1.29 is 1.43 Å². The molecule has 0 aliphatic carbocycles. The zero-order chi connectivity index (χ0) is 20.1. The van der Waals surface area contributed by atoms with Crippen molar-refractivity contribution in [3.8, 4) is 0 Å². The first-order valence-corrected chi connectivity index (χ1v) is 12.4. The highest BCUT2D eigenvalue weighted by molar-refractivity contribution is 6.35. The summed E-state index contributed by atoms with van der Waals surface area (Å²) in [7, 11) is 0. The highest BCUT2D eigenvalue weighted by atomic mass is 27.1. The Kier molecular flexibility index (Phi) is 9.85. The molecule has 0 saturated carbocycles. The predicted molar refractivity (Wildman–Crippen MR) is 121 cm³/mol. The van der Waals surface area contributed by atoms with Gasteiger partial charge in [-0.1, -0.05) is 94.9 Å².